The van der Waals surface area contributed by atoms with Crippen LogP contribution in [-0.2, 0) is 4.74 Å². The number of nitrogens with one attached hydrogen (secondary N) is 1. The molecule has 1 aromatic carbocycles. The molecule has 1 unspecified atom stereocenters. The van der Waals surface area contributed by atoms with Gasteiger partial charge < -0.3 is 9.47 Å². The van der Waals surface area contributed by atoms with Gasteiger partial charge in [-0.3, -0.25) is 10.00 Å². The number of piperidine rings is 1. The lowest BCUT2D eigenvalue weighted by Gasteiger charge is -2.34. The molecule has 1 atom stereocenters. The summed E-state index contributed by atoms with van der Waals surface area (Å²) in [7, 11) is 3.06. The maximum Gasteiger partial charge on any atom is 0.411 e. The molecule has 3 aromatic heterocycles. The first-order valence-electron chi connectivity index (χ1n) is 11.4. The van der Waals surface area contributed by atoms with Gasteiger partial charge in [0.25, 0.3) is 0 Å². The lowest BCUT2D eigenvalue weighted by Crippen LogP contribution is -2.41. The summed E-state index contributed by atoms with van der Waals surface area (Å²) in [4.78, 5) is 19.0. The molecule has 1 amide bonds. The molecule has 0 spiro atoms. The number of hydrogen-bond donors (Lipinski definition) is 1. The van der Waals surface area contributed by atoms with Gasteiger partial charge in [0.1, 0.15) is 28.8 Å². The number of aromatic nitrogens is 5. The second kappa shape index (κ2) is 8.81. The van der Waals surface area contributed by atoms with Crippen LogP contribution in [0.15, 0.2) is 36.7 Å². The van der Waals surface area contributed by atoms with Gasteiger partial charge in [-0.05, 0) is 44.2 Å². The van der Waals surface area contributed by atoms with Crippen LogP contribution in [0.2, 0.25) is 0 Å². The summed E-state index contributed by atoms with van der Waals surface area (Å²) in [6.07, 6.45) is 5.98. The fourth-order valence-electron chi connectivity index (χ4n) is 4.63. The van der Waals surface area contributed by atoms with E-state index in [1.54, 1.807) is 18.2 Å². The van der Waals surface area contributed by atoms with Crippen molar-refractivity contribution in [3.05, 3.63) is 47.8 Å². The maximum absolute atomic E-state index is 12.3. The Morgan fingerprint density at radius 3 is 2.82 bits per heavy atom. The van der Waals surface area contributed by atoms with Crippen molar-refractivity contribution in [2.24, 2.45) is 0 Å². The molecule has 4 aromatic rings. The van der Waals surface area contributed by atoms with Crippen molar-refractivity contribution in [2.45, 2.75) is 39.3 Å². The molecular weight excluding hydrogens is 432 g/mol. The van der Waals surface area contributed by atoms with Crippen LogP contribution in [0.5, 0.6) is 5.75 Å². The minimum atomic E-state index is -0.334. The third-order valence-corrected chi connectivity index (χ3v) is 6.64. The summed E-state index contributed by atoms with van der Waals surface area (Å²) < 4.78 is 12.5. The number of carbonyl (C=O) groups excluding carboxylic acids is 1. The summed E-state index contributed by atoms with van der Waals surface area (Å²) in [5.41, 5.74) is 7.20. The quantitative estimate of drug-likeness (QED) is 0.467. The van der Waals surface area contributed by atoms with Gasteiger partial charge in [0.15, 0.2) is 0 Å². The fourth-order valence-corrected chi connectivity index (χ4v) is 4.63. The average Bonchev–Trinajstić information content (AvgIpc) is 3.51. The number of hydrogen-bond acceptors (Lipinski definition) is 6. The Balaban J connectivity index is 1.57. The number of rotatable bonds is 4. The summed E-state index contributed by atoms with van der Waals surface area (Å²) in [5.74, 6) is 0.683. The van der Waals surface area contributed by atoms with Crippen molar-refractivity contribution in [3.63, 3.8) is 0 Å². The van der Waals surface area contributed by atoms with E-state index in [1.165, 1.54) is 12.7 Å². The predicted molar refractivity (Wildman–Crippen MR) is 129 cm³/mol. The van der Waals surface area contributed by atoms with Crippen LogP contribution in [0.3, 0.4) is 0 Å². The molecule has 0 radical (unpaired) electrons. The first-order chi connectivity index (χ1) is 16.5. The van der Waals surface area contributed by atoms with E-state index >= 15 is 0 Å². The highest BCUT2D eigenvalue weighted by molar-refractivity contribution is 5.92. The number of carbonyl (C=O) groups is 1. The highest BCUT2D eigenvalue weighted by Crippen LogP contribution is 2.36. The Hall–Kier alpha value is -3.88. The maximum atomic E-state index is 12.3. The van der Waals surface area contributed by atoms with Crippen molar-refractivity contribution in [1.29, 1.82) is 0 Å². The van der Waals surface area contributed by atoms with E-state index in [-0.39, 0.29) is 12.3 Å². The van der Waals surface area contributed by atoms with E-state index in [0.717, 1.165) is 52.7 Å². The molecule has 0 bridgehead atoms. The lowest BCUT2D eigenvalue weighted by atomic mass is 9.99. The van der Waals surface area contributed by atoms with Gasteiger partial charge in [0.05, 0.1) is 25.9 Å². The Morgan fingerprint density at radius 1 is 1.18 bits per heavy atom. The Bertz CT molecular complexity index is 1360. The standard InChI is InChI=1S/C25H28N6O3/c1-15-8-7-9-18(16(15)2)23-20(33-3)12-19-24(27-23)22(29-28-19)17-13-26-31(14-17)21-10-5-6-11-30(21)25(32)34-4/h7-9,12-14,21H,5-6,10-11H2,1-4H3,(H,28,29). The molecule has 0 saturated carbocycles. The summed E-state index contributed by atoms with van der Waals surface area (Å²) in [5, 5.41) is 12.2. The number of methoxy groups -OCH3 is 2. The molecule has 0 aliphatic carbocycles. The number of fused-ring (bicyclic) bond motifs is 1. The number of H-pyrrole nitrogens is 1. The van der Waals surface area contributed by atoms with Crippen LogP contribution in [0.25, 0.3) is 33.5 Å². The zero-order valence-electron chi connectivity index (χ0n) is 19.8. The number of aromatic amines is 1. The van der Waals surface area contributed by atoms with Gasteiger partial charge in [-0.25, -0.2) is 14.5 Å². The lowest BCUT2D eigenvalue weighted by molar-refractivity contribution is 0.0605. The van der Waals surface area contributed by atoms with Crippen molar-refractivity contribution in [2.75, 3.05) is 20.8 Å². The zero-order valence-corrected chi connectivity index (χ0v) is 19.8. The molecule has 1 N–H and O–H groups in total. The molecule has 1 saturated heterocycles. The molecule has 5 rings (SSSR count). The fraction of sp³-hybridized carbons (Fsp3) is 0.360. The van der Waals surface area contributed by atoms with Crippen LogP contribution in [0, 0.1) is 13.8 Å². The van der Waals surface area contributed by atoms with E-state index in [9.17, 15) is 4.79 Å². The first kappa shape index (κ1) is 21.9. The number of pyridine rings is 1. The minimum Gasteiger partial charge on any atom is -0.494 e. The van der Waals surface area contributed by atoms with Gasteiger partial charge in [-0.2, -0.15) is 10.2 Å². The molecule has 1 aliphatic rings. The van der Waals surface area contributed by atoms with Gasteiger partial charge in [-0.1, -0.05) is 18.2 Å². The largest absolute Gasteiger partial charge is 0.494 e. The molecule has 9 nitrogen and oxygen atoms in total. The van der Waals surface area contributed by atoms with E-state index in [1.807, 2.05) is 23.0 Å². The number of benzene rings is 1. The number of aryl methyl sites for hydroxylation is 1. The summed E-state index contributed by atoms with van der Waals surface area (Å²) in [6.45, 7) is 4.83. The average molecular weight is 461 g/mol. The number of amides is 1. The van der Waals surface area contributed by atoms with Crippen molar-refractivity contribution >= 4 is 17.1 Å². The molecule has 1 aliphatic heterocycles. The topological polar surface area (TPSA) is 98.2 Å². The molecule has 34 heavy (non-hydrogen) atoms. The van der Waals surface area contributed by atoms with E-state index in [0.29, 0.717) is 18.0 Å². The molecular formula is C25H28N6O3. The second-order valence-corrected chi connectivity index (χ2v) is 8.60. The SMILES string of the molecule is COC(=O)N1CCCCC1n1cc(-c2n[nH]c3cc(OC)c(-c4cccc(C)c4C)nc23)cn1. The van der Waals surface area contributed by atoms with Crippen molar-refractivity contribution < 1.29 is 14.3 Å². The van der Waals surface area contributed by atoms with Crippen LogP contribution >= 0.6 is 0 Å². The smallest absolute Gasteiger partial charge is 0.411 e. The monoisotopic (exact) mass is 460 g/mol. The van der Waals surface area contributed by atoms with E-state index in [4.69, 9.17) is 14.5 Å². The second-order valence-electron chi connectivity index (χ2n) is 8.60. The van der Waals surface area contributed by atoms with Crippen LogP contribution in [0.1, 0.15) is 36.6 Å². The number of nitrogens with zero attached hydrogens (tertiary/aromatic N) is 5. The van der Waals surface area contributed by atoms with E-state index < -0.39 is 0 Å². The van der Waals surface area contributed by atoms with Gasteiger partial charge >= 0.3 is 6.09 Å². The Labute approximate surface area is 197 Å². The molecule has 176 valence electrons. The minimum absolute atomic E-state index is 0.182. The highest BCUT2D eigenvalue weighted by Gasteiger charge is 2.29. The normalized spacial score (nSPS) is 16.1. The zero-order chi connectivity index (χ0) is 23.8. The molecule has 4 heterocycles. The van der Waals surface area contributed by atoms with E-state index in [2.05, 4.69) is 41.3 Å². The predicted octanol–water partition coefficient (Wildman–Crippen LogP) is 4.86. The van der Waals surface area contributed by atoms with Crippen LogP contribution < -0.4 is 4.74 Å². The van der Waals surface area contributed by atoms with Crippen molar-refractivity contribution in [3.8, 4) is 28.3 Å². The van der Waals surface area contributed by atoms with Gasteiger partial charge in [0, 0.05) is 29.9 Å². The van der Waals surface area contributed by atoms with Gasteiger partial charge in [0.2, 0.25) is 0 Å². The number of ether oxygens (including phenoxy) is 2. The van der Waals surface area contributed by atoms with Crippen molar-refractivity contribution in [1.82, 2.24) is 29.9 Å². The molecule has 9 heteroatoms. The number of likely N-dealkylation sites (tertiary alicyclic amines) is 1. The third-order valence-electron chi connectivity index (χ3n) is 6.64. The Kier molecular flexibility index (Phi) is 5.69. The Morgan fingerprint density at radius 2 is 2.03 bits per heavy atom. The summed E-state index contributed by atoms with van der Waals surface area (Å²) >= 11 is 0. The molecule has 1 fully saturated rings. The first-order valence-corrected chi connectivity index (χ1v) is 11.4. The third kappa shape index (κ3) is 3.67. The highest BCUT2D eigenvalue weighted by atomic mass is 16.5. The van der Waals surface area contributed by atoms with Crippen LogP contribution in [0.4, 0.5) is 4.79 Å². The van der Waals surface area contributed by atoms with Gasteiger partial charge in [-0.15, -0.1) is 0 Å². The summed E-state index contributed by atoms with van der Waals surface area (Å²) in [6, 6.07) is 8.10. The van der Waals surface area contributed by atoms with Crippen LogP contribution in [-0.4, -0.2) is 56.7 Å².